The monoisotopic (exact) mass is 346 g/mol. The van der Waals surface area contributed by atoms with Crippen LogP contribution in [0.3, 0.4) is 0 Å². The van der Waals surface area contributed by atoms with E-state index in [2.05, 4.69) is 47.8 Å². The molecule has 1 aliphatic heterocycles. The van der Waals surface area contributed by atoms with Gasteiger partial charge in [0, 0.05) is 18.8 Å². The van der Waals surface area contributed by atoms with Crippen molar-refractivity contribution in [2.45, 2.75) is 12.6 Å². The molecule has 4 heteroatoms. The maximum atomic E-state index is 12.2. The third-order valence-electron chi connectivity index (χ3n) is 4.77. The Balaban J connectivity index is 1.38. The van der Waals surface area contributed by atoms with Crippen LogP contribution in [0.2, 0.25) is 0 Å². The number of morpholine rings is 1. The van der Waals surface area contributed by atoms with Gasteiger partial charge in [0.25, 0.3) is 5.91 Å². The Morgan fingerprint density at radius 1 is 0.962 bits per heavy atom. The standard InChI is InChI=1S/C22H22N2O2/c25-22-16-26-20(15-24(22)19-10-2-1-3-11-19)14-23-13-18-9-6-8-17-7-4-5-12-21(17)18/h1-12,20,23H,13-16H2. The second kappa shape index (κ2) is 7.68. The van der Waals surface area contributed by atoms with E-state index in [0.29, 0.717) is 13.1 Å². The number of benzene rings is 3. The Hall–Kier alpha value is -2.69. The van der Waals surface area contributed by atoms with Crippen LogP contribution in [-0.4, -0.2) is 31.7 Å². The van der Waals surface area contributed by atoms with Crippen LogP contribution in [0.15, 0.2) is 72.8 Å². The zero-order valence-electron chi connectivity index (χ0n) is 14.6. The van der Waals surface area contributed by atoms with Gasteiger partial charge in [-0.3, -0.25) is 4.79 Å². The number of fused-ring (bicyclic) bond motifs is 1. The van der Waals surface area contributed by atoms with Gasteiger partial charge >= 0.3 is 0 Å². The first-order valence-electron chi connectivity index (χ1n) is 8.95. The van der Waals surface area contributed by atoms with Crippen LogP contribution in [-0.2, 0) is 16.1 Å². The van der Waals surface area contributed by atoms with Crippen molar-refractivity contribution in [3.8, 4) is 0 Å². The highest BCUT2D eigenvalue weighted by Crippen LogP contribution is 2.19. The zero-order valence-corrected chi connectivity index (χ0v) is 14.6. The first-order valence-corrected chi connectivity index (χ1v) is 8.95. The van der Waals surface area contributed by atoms with Crippen LogP contribution in [0, 0.1) is 0 Å². The van der Waals surface area contributed by atoms with Gasteiger partial charge in [-0.1, -0.05) is 60.7 Å². The van der Waals surface area contributed by atoms with E-state index in [1.807, 2.05) is 35.2 Å². The van der Waals surface area contributed by atoms with Gasteiger partial charge in [0.15, 0.2) is 0 Å². The molecule has 3 aromatic carbocycles. The van der Waals surface area contributed by atoms with Crippen molar-refractivity contribution in [3.05, 3.63) is 78.4 Å². The maximum absolute atomic E-state index is 12.2. The molecule has 0 saturated carbocycles. The number of carbonyl (C=O) groups is 1. The summed E-state index contributed by atoms with van der Waals surface area (Å²) in [4.78, 5) is 14.0. The van der Waals surface area contributed by atoms with Crippen molar-refractivity contribution >= 4 is 22.4 Å². The van der Waals surface area contributed by atoms with Crippen LogP contribution < -0.4 is 10.2 Å². The van der Waals surface area contributed by atoms with Gasteiger partial charge in [-0.15, -0.1) is 0 Å². The number of anilines is 1. The average molecular weight is 346 g/mol. The van der Waals surface area contributed by atoms with Crippen LogP contribution in [0.25, 0.3) is 10.8 Å². The molecule has 1 fully saturated rings. The summed E-state index contributed by atoms with van der Waals surface area (Å²) < 4.78 is 5.71. The highest BCUT2D eigenvalue weighted by Gasteiger charge is 2.27. The molecule has 4 rings (SSSR count). The predicted molar refractivity (Wildman–Crippen MR) is 104 cm³/mol. The molecule has 4 nitrogen and oxygen atoms in total. The van der Waals surface area contributed by atoms with Crippen LogP contribution in [0.5, 0.6) is 0 Å². The quantitative estimate of drug-likeness (QED) is 0.770. The number of para-hydroxylation sites is 1. The molecule has 26 heavy (non-hydrogen) atoms. The lowest BCUT2D eigenvalue weighted by atomic mass is 10.0. The Morgan fingerprint density at radius 3 is 2.62 bits per heavy atom. The number of ether oxygens (including phenoxy) is 1. The van der Waals surface area contributed by atoms with Crippen molar-refractivity contribution in [3.63, 3.8) is 0 Å². The smallest absolute Gasteiger partial charge is 0.253 e. The summed E-state index contributed by atoms with van der Waals surface area (Å²) in [7, 11) is 0. The lowest BCUT2D eigenvalue weighted by molar-refractivity contribution is -0.129. The largest absolute Gasteiger partial charge is 0.365 e. The van der Waals surface area contributed by atoms with Crippen LogP contribution in [0.4, 0.5) is 5.69 Å². The van der Waals surface area contributed by atoms with Crippen molar-refractivity contribution in [1.82, 2.24) is 5.32 Å². The summed E-state index contributed by atoms with van der Waals surface area (Å²) in [5.74, 6) is 0.0153. The fourth-order valence-electron chi connectivity index (χ4n) is 3.42. The molecule has 1 heterocycles. The van der Waals surface area contributed by atoms with E-state index in [1.165, 1.54) is 16.3 Å². The van der Waals surface area contributed by atoms with Gasteiger partial charge in [-0.05, 0) is 28.5 Å². The van der Waals surface area contributed by atoms with Crippen molar-refractivity contribution < 1.29 is 9.53 Å². The van der Waals surface area contributed by atoms with Gasteiger partial charge in [0.05, 0.1) is 12.6 Å². The SMILES string of the molecule is O=C1COC(CNCc2cccc3ccccc23)CN1c1ccccc1. The average Bonchev–Trinajstić information content (AvgIpc) is 2.70. The van der Waals surface area contributed by atoms with Crippen molar-refractivity contribution in [2.24, 2.45) is 0 Å². The van der Waals surface area contributed by atoms with Gasteiger partial charge in [0.2, 0.25) is 0 Å². The molecule has 1 aliphatic rings. The van der Waals surface area contributed by atoms with E-state index in [-0.39, 0.29) is 18.6 Å². The summed E-state index contributed by atoms with van der Waals surface area (Å²) in [6.07, 6.45) is -0.0112. The van der Waals surface area contributed by atoms with E-state index < -0.39 is 0 Å². The van der Waals surface area contributed by atoms with E-state index in [9.17, 15) is 4.79 Å². The normalized spacial score (nSPS) is 17.6. The first kappa shape index (κ1) is 16.8. The van der Waals surface area contributed by atoms with Crippen molar-refractivity contribution in [2.75, 3.05) is 24.6 Å². The molecule has 0 radical (unpaired) electrons. The fourth-order valence-corrected chi connectivity index (χ4v) is 3.42. The van der Waals surface area contributed by atoms with E-state index >= 15 is 0 Å². The Labute approximate surface area is 153 Å². The predicted octanol–water partition coefficient (Wildman–Crippen LogP) is 3.36. The number of hydrogen-bond donors (Lipinski definition) is 1. The minimum absolute atomic E-state index is 0.0112. The maximum Gasteiger partial charge on any atom is 0.253 e. The summed E-state index contributed by atoms with van der Waals surface area (Å²) >= 11 is 0. The van der Waals surface area contributed by atoms with Crippen molar-refractivity contribution in [1.29, 1.82) is 0 Å². The molecule has 1 atom stereocenters. The number of rotatable bonds is 5. The molecule has 1 unspecified atom stereocenters. The topological polar surface area (TPSA) is 41.6 Å². The number of nitrogens with zero attached hydrogens (tertiary/aromatic N) is 1. The molecule has 3 aromatic rings. The summed E-state index contributed by atoms with van der Waals surface area (Å²) in [6.45, 7) is 2.20. The van der Waals surface area contributed by atoms with Gasteiger partial charge < -0.3 is 15.0 Å². The van der Waals surface area contributed by atoms with E-state index in [0.717, 1.165) is 12.2 Å². The number of amides is 1. The Kier molecular flexibility index (Phi) is 4.95. The second-order valence-electron chi connectivity index (χ2n) is 6.54. The van der Waals surface area contributed by atoms with Crippen LogP contribution >= 0.6 is 0 Å². The van der Waals surface area contributed by atoms with Gasteiger partial charge in [0.1, 0.15) is 6.61 Å². The molecule has 132 valence electrons. The zero-order chi connectivity index (χ0) is 17.8. The molecule has 0 aromatic heterocycles. The summed E-state index contributed by atoms with van der Waals surface area (Å²) in [5, 5.41) is 6.01. The minimum atomic E-state index is -0.0112. The van der Waals surface area contributed by atoms with Gasteiger partial charge in [-0.2, -0.15) is 0 Å². The molecular weight excluding hydrogens is 324 g/mol. The number of nitrogens with one attached hydrogen (secondary N) is 1. The Morgan fingerprint density at radius 2 is 1.73 bits per heavy atom. The third kappa shape index (κ3) is 3.62. The molecule has 0 spiro atoms. The molecule has 0 aliphatic carbocycles. The molecule has 1 amide bonds. The fraction of sp³-hybridized carbons (Fsp3) is 0.227. The molecule has 1 N–H and O–H groups in total. The lowest BCUT2D eigenvalue weighted by Crippen LogP contribution is -2.50. The number of carbonyl (C=O) groups excluding carboxylic acids is 1. The number of hydrogen-bond acceptors (Lipinski definition) is 3. The second-order valence-corrected chi connectivity index (χ2v) is 6.54. The Bertz CT molecular complexity index is 890. The van der Waals surface area contributed by atoms with E-state index in [4.69, 9.17) is 4.74 Å². The highest BCUT2D eigenvalue weighted by molar-refractivity contribution is 5.95. The van der Waals surface area contributed by atoms with Crippen LogP contribution in [0.1, 0.15) is 5.56 Å². The molecule has 0 bridgehead atoms. The minimum Gasteiger partial charge on any atom is -0.365 e. The van der Waals surface area contributed by atoms with E-state index in [1.54, 1.807) is 0 Å². The molecule has 1 saturated heterocycles. The first-order chi connectivity index (χ1) is 12.8. The summed E-state index contributed by atoms with van der Waals surface area (Å²) in [6, 6.07) is 24.6. The lowest BCUT2D eigenvalue weighted by Gasteiger charge is -2.33. The summed E-state index contributed by atoms with van der Waals surface area (Å²) in [5.41, 5.74) is 2.20. The highest BCUT2D eigenvalue weighted by atomic mass is 16.5. The third-order valence-corrected chi connectivity index (χ3v) is 4.77. The molecular formula is C22H22N2O2. The van der Waals surface area contributed by atoms with Gasteiger partial charge in [-0.25, -0.2) is 0 Å².